The molecule has 0 radical (unpaired) electrons. The van der Waals surface area contributed by atoms with E-state index in [2.05, 4.69) is 0 Å². The van der Waals surface area contributed by atoms with Gasteiger partial charge in [-0.3, -0.25) is 4.79 Å². The number of carbonyl (C=O) groups is 1. The summed E-state index contributed by atoms with van der Waals surface area (Å²) in [4.78, 5) is 12.6. The Hall–Kier alpha value is -1.19. The minimum Gasteiger partial charge on any atom is -0.329 e. The number of hydrogen-bond donors (Lipinski definition) is 1. The van der Waals surface area contributed by atoms with Crippen LogP contribution >= 0.6 is 11.3 Å². The monoisotopic (exact) mass is 247 g/mol. The molecular formula is C14H17NOS. The van der Waals surface area contributed by atoms with Crippen molar-refractivity contribution in [2.45, 2.75) is 20.3 Å². The van der Waals surface area contributed by atoms with Crippen LogP contribution in [0.3, 0.4) is 0 Å². The third kappa shape index (κ3) is 2.01. The molecule has 2 N–H and O–H groups in total. The number of carbonyl (C=O) groups excluding carboxylic acids is 1. The molecule has 0 aliphatic carbocycles. The van der Waals surface area contributed by atoms with Crippen LogP contribution in [0, 0.1) is 5.41 Å². The van der Waals surface area contributed by atoms with E-state index >= 15 is 0 Å². The van der Waals surface area contributed by atoms with Gasteiger partial charge in [-0.15, -0.1) is 11.3 Å². The van der Waals surface area contributed by atoms with E-state index in [1.165, 1.54) is 0 Å². The van der Waals surface area contributed by atoms with Gasteiger partial charge in [-0.2, -0.15) is 0 Å². The number of thiophene rings is 1. The number of nitrogens with two attached hydrogens (primary N) is 1. The molecule has 90 valence electrons. The molecule has 0 aliphatic rings. The minimum atomic E-state index is -0.446. The maximum Gasteiger partial charge on any atom is 0.171 e. The Morgan fingerprint density at radius 1 is 1.41 bits per heavy atom. The average molecular weight is 247 g/mol. The predicted molar refractivity (Wildman–Crippen MR) is 73.6 cm³/mol. The van der Waals surface area contributed by atoms with E-state index in [1.807, 2.05) is 43.5 Å². The maximum absolute atomic E-state index is 12.6. The van der Waals surface area contributed by atoms with Gasteiger partial charge in [0, 0.05) is 22.2 Å². The van der Waals surface area contributed by atoms with Gasteiger partial charge in [0.15, 0.2) is 5.78 Å². The van der Waals surface area contributed by atoms with Gasteiger partial charge >= 0.3 is 0 Å². The van der Waals surface area contributed by atoms with Crippen molar-refractivity contribution >= 4 is 27.2 Å². The first-order valence-corrected chi connectivity index (χ1v) is 6.71. The van der Waals surface area contributed by atoms with Crippen molar-refractivity contribution in [1.82, 2.24) is 0 Å². The molecule has 0 amide bonds. The van der Waals surface area contributed by atoms with Crippen LogP contribution in [0.5, 0.6) is 0 Å². The number of benzene rings is 1. The zero-order chi connectivity index (χ0) is 12.5. The molecule has 2 aromatic rings. The van der Waals surface area contributed by atoms with Crippen LogP contribution in [0.15, 0.2) is 29.6 Å². The molecule has 1 aromatic carbocycles. The lowest BCUT2D eigenvalue weighted by Gasteiger charge is -2.24. The Balaban J connectivity index is 2.53. The fraction of sp³-hybridized carbons (Fsp3) is 0.357. The molecule has 0 saturated carbocycles. The standard InChI is InChI=1S/C14H17NOS/c1-3-14(2,9-15)13(16)11-6-4-5-10-7-8-17-12(10)11/h4-8H,3,9,15H2,1-2H3. The first-order valence-electron chi connectivity index (χ1n) is 5.83. The van der Waals surface area contributed by atoms with Crippen molar-refractivity contribution in [3.05, 3.63) is 35.2 Å². The van der Waals surface area contributed by atoms with Gasteiger partial charge < -0.3 is 5.73 Å². The Bertz CT molecular complexity index is 540. The summed E-state index contributed by atoms with van der Waals surface area (Å²) in [5.41, 5.74) is 6.12. The second kappa shape index (κ2) is 4.59. The molecule has 0 spiro atoms. The highest BCUT2D eigenvalue weighted by Crippen LogP contribution is 2.31. The van der Waals surface area contributed by atoms with Crippen LogP contribution in [-0.4, -0.2) is 12.3 Å². The summed E-state index contributed by atoms with van der Waals surface area (Å²) in [5, 5.41) is 3.16. The molecule has 17 heavy (non-hydrogen) atoms. The van der Waals surface area contributed by atoms with E-state index < -0.39 is 5.41 Å². The normalized spacial score (nSPS) is 14.8. The minimum absolute atomic E-state index is 0.163. The summed E-state index contributed by atoms with van der Waals surface area (Å²) >= 11 is 1.62. The number of Topliss-reactive ketones (excluding diaryl/α,β-unsaturated/α-hetero) is 1. The van der Waals surface area contributed by atoms with Crippen LogP contribution in [0.2, 0.25) is 0 Å². The van der Waals surface area contributed by atoms with Crippen molar-refractivity contribution in [3.8, 4) is 0 Å². The number of ketones is 1. The van der Waals surface area contributed by atoms with Gasteiger partial charge in [0.1, 0.15) is 0 Å². The summed E-state index contributed by atoms with van der Waals surface area (Å²) in [5.74, 6) is 0.163. The molecule has 1 atom stereocenters. The highest BCUT2D eigenvalue weighted by molar-refractivity contribution is 7.17. The van der Waals surface area contributed by atoms with Crippen molar-refractivity contribution in [3.63, 3.8) is 0 Å². The molecular weight excluding hydrogens is 230 g/mol. The van der Waals surface area contributed by atoms with Crippen LogP contribution in [-0.2, 0) is 0 Å². The van der Waals surface area contributed by atoms with Crippen LogP contribution in [0.1, 0.15) is 30.6 Å². The van der Waals surface area contributed by atoms with Crippen molar-refractivity contribution in [2.75, 3.05) is 6.54 Å². The van der Waals surface area contributed by atoms with Crippen molar-refractivity contribution < 1.29 is 4.79 Å². The second-order valence-corrected chi connectivity index (χ2v) is 5.51. The summed E-state index contributed by atoms with van der Waals surface area (Å²) in [7, 11) is 0. The topological polar surface area (TPSA) is 43.1 Å². The van der Waals surface area contributed by atoms with Gasteiger partial charge in [0.05, 0.1) is 0 Å². The second-order valence-electron chi connectivity index (χ2n) is 4.59. The predicted octanol–water partition coefficient (Wildman–Crippen LogP) is 3.46. The van der Waals surface area contributed by atoms with Gasteiger partial charge in [0.25, 0.3) is 0 Å². The van der Waals surface area contributed by atoms with E-state index in [0.717, 1.165) is 22.1 Å². The van der Waals surface area contributed by atoms with E-state index in [9.17, 15) is 4.79 Å². The van der Waals surface area contributed by atoms with Gasteiger partial charge in [-0.25, -0.2) is 0 Å². The first kappa shape index (κ1) is 12.3. The Labute approximate surface area is 105 Å². The van der Waals surface area contributed by atoms with Crippen LogP contribution in [0.4, 0.5) is 0 Å². The number of hydrogen-bond acceptors (Lipinski definition) is 3. The zero-order valence-corrected chi connectivity index (χ0v) is 11.0. The maximum atomic E-state index is 12.6. The van der Waals surface area contributed by atoms with Crippen LogP contribution < -0.4 is 5.73 Å². The first-order chi connectivity index (χ1) is 8.12. The molecule has 0 saturated heterocycles. The third-order valence-electron chi connectivity index (χ3n) is 3.50. The SMILES string of the molecule is CCC(C)(CN)C(=O)c1cccc2ccsc12. The third-order valence-corrected chi connectivity index (χ3v) is 4.47. The highest BCUT2D eigenvalue weighted by Gasteiger charge is 2.31. The van der Waals surface area contributed by atoms with Crippen molar-refractivity contribution in [2.24, 2.45) is 11.1 Å². The fourth-order valence-electron chi connectivity index (χ4n) is 1.89. The van der Waals surface area contributed by atoms with Gasteiger partial charge in [0.2, 0.25) is 0 Å². The Morgan fingerprint density at radius 3 is 2.82 bits per heavy atom. The van der Waals surface area contributed by atoms with E-state index in [1.54, 1.807) is 11.3 Å². The summed E-state index contributed by atoms with van der Waals surface area (Å²) < 4.78 is 1.07. The fourth-order valence-corrected chi connectivity index (χ4v) is 2.81. The van der Waals surface area contributed by atoms with Crippen molar-refractivity contribution in [1.29, 1.82) is 0 Å². The molecule has 0 bridgehead atoms. The lowest BCUT2D eigenvalue weighted by atomic mass is 9.80. The van der Waals surface area contributed by atoms with E-state index in [4.69, 9.17) is 5.73 Å². The van der Waals surface area contributed by atoms with E-state index in [0.29, 0.717) is 6.54 Å². The molecule has 0 fully saturated rings. The smallest absolute Gasteiger partial charge is 0.171 e. The highest BCUT2D eigenvalue weighted by atomic mass is 32.1. The molecule has 1 unspecified atom stereocenters. The molecule has 2 nitrogen and oxygen atoms in total. The number of rotatable bonds is 4. The average Bonchev–Trinajstić information content (AvgIpc) is 2.85. The largest absolute Gasteiger partial charge is 0.329 e. The van der Waals surface area contributed by atoms with E-state index in [-0.39, 0.29) is 5.78 Å². The van der Waals surface area contributed by atoms with Gasteiger partial charge in [-0.1, -0.05) is 26.0 Å². The summed E-state index contributed by atoms with van der Waals surface area (Å²) in [6.07, 6.45) is 0.768. The quantitative estimate of drug-likeness (QED) is 0.841. The molecule has 1 heterocycles. The lowest BCUT2D eigenvalue weighted by Crippen LogP contribution is -2.35. The molecule has 3 heteroatoms. The molecule has 1 aromatic heterocycles. The Kier molecular flexibility index (Phi) is 3.31. The van der Waals surface area contributed by atoms with Gasteiger partial charge in [-0.05, 0) is 29.3 Å². The molecule has 0 aliphatic heterocycles. The summed E-state index contributed by atoms with van der Waals surface area (Å²) in [6.45, 7) is 4.35. The molecule has 2 rings (SSSR count). The summed E-state index contributed by atoms with van der Waals surface area (Å²) in [6, 6.07) is 7.93. The lowest BCUT2D eigenvalue weighted by molar-refractivity contribution is 0.0822. The zero-order valence-electron chi connectivity index (χ0n) is 10.2. The van der Waals surface area contributed by atoms with Crippen LogP contribution in [0.25, 0.3) is 10.1 Å². The Morgan fingerprint density at radius 2 is 2.18 bits per heavy atom. The number of fused-ring (bicyclic) bond motifs is 1.